The van der Waals surface area contributed by atoms with Crippen LogP contribution >= 0.6 is 11.6 Å². The SMILES string of the molecule is CC(=O)Nc1cc(Cl)ccc1/C=C/C(=O)N1CCN(Cc2ccc(C)cc2)C[C@H]1C. The van der Waals surface area contributed by atoms with E-state index in [4.69, 9.17) is 11.6 Å². The molecule has 158 valence electrons. The average Bonchev–Trinajstić information content (AvgIpc) is 2.68. The molecule has 0 radical (unpaired) electrons. The van der Waals surface area contributed by atoms with E-state index < -0.39 is 0 Å². The Morgan fingerprint density at radius 2 is 1.90 bits per heavy atom. The van der Waals surface area contributed by atoms with Crippen LogP contribution in [0.4, 0.5) is 5.69 Å². The van der Waals surface area contributed by atoms with Gasteiger partial charge in [-0.1, -0.05) is 47.5 Å². The first kappa shape index (κ1) is 22.1. The third-order valence-electron chi connectivity index (χ3n) is 5.25. The van der Waals surface area contributed by atoms with Crippen LogP contribution in [0.3, 0.4) is 0 Å². The average molecular weight is 426 g/mol. The Bertz CT molecular complexity index is 940. The Hall–Kier alpha value is -2.63. The van der Waals surface area contributed by atoms with Gasteiger partial charge in [0.15, 0.2) is 0 Å². The maximum absolute atomic E-state index is 12.8. The molecular formula is C24H28ClN3O2. The number of carbonyl (C=O) groups excluding carboxylic acids is 2. The topological polar surface area (TPSA) is 52.7 Å². The summed E-state index contributed by atoms with van der Waals surface area (Å²) in [6.07, 6.45) is 3.30. The molecule has 6 heteroatoms. The van der Waals surface area contributed by atoms with E-state index in [2.05, 4.69) is 48.3 Å². The van der Waals surface area contributed by atoms with E-state index in [9.17, 15) is 9.59 Å². The molecule has 1 fully saturated rings. The van der Waals surface area contributed by atoms with Crippen LogP contribution in [0.15, 0.2) is 48.5 Å². The first-order valence-corrected chi connectivity index (χ1v) is 10.5. The highest BCUT2D eigenvalue weighted by Gasteiger charge is 2.26. The second kappa shape index (κ2) is 9.92. The zero-order chi connectivity index (χ0) is 21.7. The molecule has 1 aliphatic heterocycles. The second-order valence-electron chi connectivity index (χ2n) is 7.85. The first-order chi connectivity index (χ1) is 14.3. The number of carbonyl (C=O) groups is 2. The van der Waals surface area contributed by atoms with Crippen molar-refractivity contribution >= 4 is 35.2 Å². The lowest BCUT2D eigenvalue weighted by Crippen LogP contribution is -2.53. The van der Waals surface area contributed by atoms with Crippen molar-refractivity contribution in [3.63, 3.8) is 0 Å². The summed E-state index contributed by atoms with van der Waals surface area (Å²) < 4.78 is 0. The highest BCUT2D eigenvalue weighted by molar-refractivity contribution is 6.31. The lowest BCUT2D eigenvalue weighted by molar-refractivity contribution is -0.130. The Morgan fingerprint density at radius 1 is 1.17 bits per heavy atom. The summed E-state index contributed by atoms with van der Waals surface area (Å²) in [6.45, 7) is 8.88. The van der Waals surface area contributed by atoms with Crippen LogP contribution in [-0.4, -0.2) is 47.3 Å². The number of nitrogens with zero attached hydrogens (tertiary/aromatic N) is 2. The molecule has 0 unspecified atom stereocenters. The van der Waals surface area contributed by atoms with Gasteiger partial charge in [0.25, 0.3) is 0 Å². The number of rotatable bonds is 5. The maximum atomic E-state index is 12.8. The van der Waals surface area contributed by atoms with Crippen LogP contribution in [-0.2, 0) is 16.1 Å². The number of hydrogen-bond donors (Lipinski definition) is 1. The highest BCUT2D eigenvalue weighted by atomic mass is 35.5. The van der Waals surface area contributed by atoms with Crippen molar-refractivity contribution < 1.29 is 9.59 Å². The van der Waals surface area contributed by atoms with E-state index in [0.717, 1.165) is 25.2 Å². The van der Waals surface area contributed by atoms with Gasteiger partial charge < -0.3 is 10.2 Å². The van der Waals surface area contributed by atoms with Gasteiger partial charge in [-0.3, -0.25) is 14.5 Å². The molecule has 0 aromatic heterocycles. The fourth-order valence-electron chi connectivity index (χ4n) is 3.68. The van der Waals surface area contributed by atoms with Crippen LogP contribution in [0, 0.1) is 6.92 Å². The van der Waals surface area contributed by atoms with Gasteiger partial charge in [-0.15, -0.1) is 0 Å². The summed E-state index contributed by atoms with van der Waals surface area (Å²) in [5, 5.41) is 3.28. The normalized spacial score (nSPS) is 17.3. The maximum Gasteiger partial charge on any atom is 0.246 e. The van der Waals surface area contributed by atoms with E-state index in [1.54, 1.807) is 30.4 Å². The number of benzene rings is 2. The fraction of sp³-hybridized carbons (Fsp3) is 0.333. The zero-order valence-corrected chi connectivity index (χ0v) is 18.4. The van der Waals surface area contributed by atoms with E-state index in [1.165, 1.54) is 18.1 Å². The number of amides is 2. The molecule has 1 atom stereocenters. The van der Waals surface area contributed by atoms with Crippen molar-refractivity contribution in [3.8, 4) is 0 Å². The van der Waals surface area contributed by atoms with Gasteiger partial charge in [0.05, 0.1) is 0 Å². The smallest absolute Gasteiger partial charge is 0.246 e. The molecule has 3 rings (SSSR count). The minimum absolute atomic E-state index is 0.0267. The molecule has 1 aliphatic rings. The fourth-order valence-corrected chi connectivity index (χ4v) is 3.86. The van der Waals surface area contributed by atoms with Crippen molar-refractivity contribution in [2.24, 2.45) is 0 Å². The quantitative estimate of drug-likeness (QED) is 0.724. The molecule has 2 aromatic rings. The largest absolute Gasteiger partial charge is 0.334 e. The van der Waals surface area contributed by atoms with Gasteiger partial charge in [0, 0.05) is 55.9 Å². The molecule has 2 aromatic carbocycles. The lowest BCUT2D eigenvalue weighted by Gasteiger charge is -2.39. The molecule has 1 heterocycles. The Morgan fingerprint density at radius 3 is 2.57 bits per heavy atom. The van der Waals surface area contributed by atoms with E-state index in [1.807, 2.05) is 4.90 Å². The monoisotopic (exact) mass is 425 g/mol. The molecule has 1 N–H and O–H groups in total. The highest BCUT2D eigenvalue weighted by Crippen LogP contribution is 2.23. The molecule has 5 nitrogen and oxygen atoms in total. The number of hydrogen-bond acceptors (Lipinski definition) is 3. The van der Waals surface area contributed by atoms with E-state index >= 15 is 0 Å². The third kappa shape index (κ3) is 5.94. The third-order valence-corrected chi connectivity index (χ3v) is 5.49. The van der Waals surface area contributed by atoms with Crippen molar-refractivity contribution in [1.82, 2.24) is 9.80 Å². The second-order valence-corrected chi connectivity index (χ2v) is 8.28. The van der Waals surface area contributed by atoms with Gasteiger partial charge in [-0.25, -0.2) is 0 Å². The molecule has 0 aliphatic carbocycles. The number of piperazine rings is 1. The minimum atomic E-state index is -0.184. The molecule has 0 saturated carbocycles. The van der Waals surface area contributed by atoms with Crippen molar-refractivity contribution in [2.75, 3.05) is 25.0 Å². The van der Waals surface area contributed by atoms with Crippen LogP contribution in [0.25, 0.3) is 6.08 Å². The summed E-state index contributed by atoms with van der Waals surface area (Å²) in [7, 11) is 0. The number of anilines is 1. The minimum Gasteiger partial charge on any atom is -0.334 e. The molecule has 30 heavy (non-hydrogen) atoms. The summed E-state index contributed by atoms with van der Waals surface area (Å²) in [5.74, 6) is -0.210. The molecular weight excluding hydrogens is 398 g/mol. The first-order valence-electron chi connectivity index (χ1n) is 10.2. The van der Waals surface area contributed by atoms with Crippen LogP contribution in [0.2, 0.25) is 5.02 Å². The molecule has 1 saturated heterocycles. The summed E-state index contributed by atoms with van der Waals surface area (Å²) in [4.78, 5) is 28.5. The number of halogens is 1. The van der Waals surface area contributed by atoms with Crippen molar-refractivity contribution in [3.05, 3.63) is 70.3 Å². The van der Waals surface area contributed by atoms with Gasteiger partial charge >= 0.3 is 0 Å². The molecule has 0 spiro atoms. The van der Waals surface area contributed by atoms with Crippen LogP contribution in [0.1, 0.15) is 30.5 Å². The lowest BCUT2D eigenvalue weighted by atomic mass is 10.1. The standard InChI is InChI=1S/C24H28ClN3O2/c1-17-4-6-20(7-5-17)16-27-12-13-28(18(2)15-27)24(30)11-9-21-8-10-22(25)14-23(21)26-19(3)29/h4-11,14,18H,12-13,15-16H2,1-3H3,(H,26,29)/b11-9+/t18-/m1/s1. The molecule has 2 amide bonds. The van der Waals surface area contributed by atoms with Gasteiger partial charge in [0.2, 0.25) is 11.8 Å². The van der Waals surface area contributed by atoms with Crippen molar-refractivity contribution in [2.45, 2.75) is 33.4 Å². The summed E-state index contributed by atoms with van der Waals surface area (Å²) >= 11 is 6.03. The predicted octanol–water partition coefficient (Wildman–Crippen LogP) is 4.35. The number of aryl methyl sites for hydroxylation is 1. The Labute approximate surface area is 183 Å². The van der Waals surface area contributed by atoms with Crippen molar-refractivity contribution in [1.29, 1.82) is 0 Å². The molecule has 0 bridgehead atoms. The van der Waals surface area contributed by atoms with Gasteiger partial charge in [-0.05, 0) is 43.2 Å². The van der Waals surface area contributed by atoms with E-state index in [-0.39, 0.29) is 17.9 Å². The predicted molar refractivity (Wildman–Crippen MR) is 122 cm³/mol. The zero-order valence-electron chi connectivity index (χ0n) is 17.7. The number of nitrogens with one attached hydrogen (secondary N) is 1. The van der Waals surface area contributed by atoms with Gasteiger partial charge in [-0.2, -0.15) is 0 Å². The summed E-state index contributed by atoms with van der Waals surface area (Å²) in [6, 6.07) is 13.9. The Balaban J connectivity index is 1.61. The van der Waals surface area contributed by atoms with Gasteiger partial charge in [0.1, 0.15) is 0 Å². The van der Waals surface area contributed by atoms with E-state index in [0.29, 0.717) is 17.3 Å². The van der Waals surface area contributed by atoms with Crippen LogP contribution in [0.5, 0.6) is 0 Å². The Kier molecular flexibility index (Phi) is 7.29. The summed E-state index contributed by atoms with van der Waals surface area (Å²) in [5.41, 5.74) is 3.89. The van der Waals surface area contributed by atoms with Crippen LogP contribution < -0.4 is 5.32 Å².